The van der Waals surface area contributed by atoms with Gasteiger partial charge >= 0.3 is 0 Å². The van der Waals surface area contributed by atoms with Crippen LogP contribution in [0.2, 0.25) is 0 Å². The highest BCUT2D eigenvalue weighted by Crippen LogP contribution is 2.29. The quantitative estimate of drug-likeness (QED) is 0.581. The van der Waals surface area contributed by atoms with E-state index in [1.54, 1.807) is 18.7 Å². The van der Waals surface area contributed by atoms with E-state index in [4.69, 9.17) is 4.74 Å². The lowest BCUT2D eigenvalue weighted by molar-refractivity contribution is 0.415. The second-order valence-electron chi connectivity index (χ2n) is 5.17. The number of rotatable bonds is 1. The Morgan fingerprint density at radius 1 is 1.10 bits per heavy atom. The van der Waals surface area contributed by atoms with E-state index in [1.807, 2.05) is 42.5 Å². The Labute approximate surface area is 120 Å². The van der Waals surface area contributed by atoms with Crippen molar-refractivity contribution < 1.29 is 4.74 Å². The molecular weight excluding hydrogens is 264 g/mol. The van der Waals surface area contributed by atoms with Crippen LogP contribution in [0, 0.1) is 0 Å². The van der Waals surface area contributed by atoms with Gasteiger partial charge in [0.1, 0.15) is 5.75 Å². The SMILES string of the molecule is COc1ccc2c3[nH]c4ccccc4c3c(=O)n(C)c2c1. The molecule has 0 amide bonds. The normalized spacial score (nSPS) is 11.5. The maximum atomic E-state index is 12.7. The minimum atomic E-state index is 0.00297. The number of aryl methyl sites for hydroxylation is 1. The third kappa shape index (κ3) is 1.53. The summed E-state index contributed by atoms with van der Waals surface area (Å²) in [4.78, 5) is 16.1. The first-order valence-electron chi connectivity index (χ1n) is 6.78. The number of nitrogens with zero attached hydrogens (tertiary/aromatic N) is 1. The topological polar surface area (TPSA) is 47.0 Å². The summed E-state index contributed by atoms with van der Waals surface area (Å²) in [6, 6.07) is 13.7. The number of hydrogen-bond donors (Lipinski definition) is 1. The first kappa shape index (κ1) is 12.0. The number of fused-ring (bicyclic) bond motifs is 5. The van der Waals surface area contributed by atoms with Crippen molar-refractivity contribution in [3.63, 3.8) is 0 Å². The van der Waals surface area contributed by atoms with Gasteiger partial charge in [0, 0.05) is 29.4 Å². The molecule has 0 radical (unpaired) electrons. The average molecular weight is 278 g/mol. The Hall–Kier alpha value is -2.75. The van der Waals surface area contributed by atoms with Crippen molar-refractivity contribution in [2.75, 3.05) is 7.11 Å². The lowest BCUT2D eigenvalue weighted by Gasteiger charge is -2.08. The van der Waals surface area contributed by atoms with E-state index in [-0.39, 0.29) is 5.56 Å². The number of pyridine rings is 1. The Kier molecular flexibility index (Phi) is 2.36. The Balaban J connectivity index is 2.32. The first-order valence-corrected chi connectivity index (χ1v) is 6.78. The molecule has 0 fully saturated rings. The molecule has 0 saturated carbocycles. The number of para-hydroxylation sites is 1. The number of benzene rings is 2. The molecule has 2 aromatic heterocycles. The van der Waals surface area contributed by atoms with E-state index in [2.05, 4.69) is 4.98 Å². The molecule has 4 nitrogen and oxygen atoms in total. The van der Waals surface area contributed by atoms with Crippen LogP contribution in [-0.2, 0) is 7.05 Å². The molecule has 0 aliphatic heterocycles. The summed E-state index contributed by atoms with van der Waals surface area (Å²) in [5.41, 5.74) is 2.73. The molecule has 0 atom stereocenters. The highest BCUT2D eigenvalue weighted by Gasteiger charge is 2.14. The summed E-state index contributed by atoms with van der Waals surface area (Å²) in [6.45, 7) is 0. The van der Waals surface area contributed by atoms with Crippen molar-refractivity contribution >= 4 is 32.7 Å². The van der Waals surface area contributed by atoms with Crippen LogP contribution in [0.1, 0.15) is 0 Å². The van der Waals surface area contributed by atoms with E-state index in [9.17, 15) is 4.79 Å². The largest absolute Gasteiger partial charge is 0.497 e. The van der Waals surface area contributed by atoms with Gasteiger partial charge in [-0.15, -0.1) is 0 Å². The van der Waals surface area contributed by atoms with Crippen molar-refractivity contribution in [3.8, 4) is 5.75 Å². The summed E-state index contributed by atoms with van der Waals surface area (Å²) in [7, 11) is 3.42. The van der Waals surface area contributed by atoms with Gasteiger partial charge in [0.25, 0.3) is 5.56 Å². The molecule has 0 bridgehead atoms. The third-order valence-corrected chi connectivity index (χ3v) is 4.06. The minimum Gasteiger partial charge on any atom is -0.497 e. The van der Waals surface area contributed by atoms with Gasteiger partial charge in [-0.3, -0.25) is 4.79 Å². The predicted molar refractivity (Wildman–Crippen MR) is 85.1 cm³/mol. The molecule has 4 rings (SSSR count). The lowest BCUT2D eigenvalue weighted by Crippen LogP contribution is -2.16. The molecule has 104 valence electrons. The van der Waals surface area contributed by atoms with Crippen LogP contribution < -0.4 is 10.3 Å². The van der Waals surface area contributed by atoms with Crippen molar-refractivity contribution in [2.45, 2.75) is 0 Å². The van der Waals surface area contributed by atoms with Crippen LogP contribution in [0.3, 0.4) is 0 Å². The Bertz CT molecular complexity index is 1060. The third-order valence-electron chi connectivity index (χ3n) is 4.06. The van der Waals surface area contributed by atoms with Crippen LogP contribution in [0.25, 0.3) is 32.7 Å². The summed E-state index contributed by atoms with van der Waals surface area (Å²) >= 11 is 0. The fraction of sp³-hybridized carbons (Fsp3) is 0.118. The first-order chi connectivity index (χ1) is 10.2. The van der Waals surface area contributed by atoms with Crippen LogP contribution in [-0.4, -0.2) is 16.7 Å². The highest BCUT2D eigenvalue weighted by molar-refractivity contribution is 6.15. The fourth-order valence-corrected chi connectivity index (χ4v) is 2.97. The molecule has 2 heterocycles. The molecular formula is C17H14N2O2. The monoisotopic (exact) mass is 278 g/mol. The number of aromatic amines is 1. The number of ether oxygens (including phenoxy) is 1. The summed E-state index contributed by atoms with van der Waals surface area (Å²) in [5, 5.41) is 2.72. The van der Waals surface area contributed by atoms with Crippen LogP contribution in [0.15, 0.2) is 47.3 Å². The number of aromatic nitrogens is 2. The average Bonchev–Trinajstić information content (AvgIpc) is 2.91. The molecule has 0 spiro atoms. The summed E-state index contributed by atoms with van der Waals surface area (Å²) in [6.07, 6.45) is 0. The second-order valence-corrected chi connectivity index (χ2v) is 5.17. The van der Waals surface area contributed by atoms with Gasteiger partial charge in [0.15, 0.2) is 0 Å². The van der Waals surface area contributed by atoms with Gasteiger partial charge in [-0.2, -0.15) is 0 Å². The number of hydrogen-bond acceptors (Lipinski definition) is 2. The molecule has 0 saturated heterocycles. The zero-order valence-corrected chi connectivity index (χ0v) is 11.8. The van der Waals surface area contributed by atoms with E-state index in [0.717, 1.165) is 38.5 Å². The maximum Gasteiger partial charge on any atom is 0.260 e. The molecule has 0 aliphatic carbocycles. The van der Waals surface area contributed by atoms with Crippen LogP contribution in [0.5, 0.6) is 5.75 Å². The van der Waals surface area contributed by atoms with Crippen LogP contribution in [0.4, 0.5) is 0 Å². The van der Waals surface area contributed by atoms with E-state index in [0.29, 0.717) is 0 Å². The summed E-state index contributed by atoms with van der Waals surface area (Å²) in [5.74, 6) is 0.743. The molecule has 0 aliphatic rings. The molecule has 2 aromatic carbocycles. The lowest BCUT2D eigenvalue weighted by atomic mass is 10.1. The van der Waals surface area contributed by atoms with Gasteiger partial charge < -0.3 is 14.3 Å². The Morgan fingerprint density at radius 3 is 2.71 bits per heavy atom. The summed E-state index contributed by atoms with van der Waals surface area (Å²) < 4.78 is 6.94. The van der Waals surface area contributed by atoms with Crippen molar-refractivity contribution in [1.29, 1.82) is 0 Å². The maximum absolute atomic E-state index is 12.7. The number of nitrogens with one attached hydrogen (secondary N) is 1. The molecule has 0 unspecified atom stereocenters. The molecule has 4 heteroatoms. The van der Waals surface area contributed by atoms with E-state index < -0.39 is 0 Å². The molecule has 21 heavy (non-hydrogen) atoms. The Morgan fingerprint density at radius 2 is 1.90 bits per heavy atom. The van der Waals surface area contributed by atoms with E-state index >= 15 is 0 Å². The van der Waals surface area contributed by atoms with E-state index in [1.165, 1.54) is 0 Å². The van der Waals surface area contributed by atoms with Crippen molar-refractivity contribution in [1.82, 2.24) is 9.55 Å². The minimum absolute atomic E-state index is 0.00297. The van der Waals surface area contributed by atoms with Crippen molar-refractivity contribution in [3.05, 3.63) is 52.8 Å². The smallest absolute Gasteiger partial charge is 0.260 e. The van der Waals surface area contributed by atoms with Crippen molar-refractivity contribution in [2.24, 2.45) is 7.05 Å². The number of methoxy groups -OCH3 is 1. The molecule has 4 aromatic rings. The van der Waals surface area contributed by atoms with Crippen LogP contribution >= 0.6 is 0 Å². The van der Waals surface area contributed by atoms with Gasteiger partial charge in [-0.1, -0.05) is 18.2 Å². The highest BCUT2D eigenvalue weighted by atomic mass is 16.5. The second kappa shape index (κ2) is 4.12. The molecule has 1 N–H and O–H groups in total. The standard InChI is InChI=1S/C17H14N2O2/c1-19-14-9-10(21-2)7-8-12(14)16-15(17(19)20)11-5-3-4-6-13(11)18-16/h3-9,18H,1-2H3. The fourth-order valence-electron chi connectivity index (χ4n) is 2.97. The van der Waals surface area contributed by atoms with Gasteiger partial charge in [-0.05, 0) is 18.2 Å². The zero-order valence-electron chi connectivity index (χ0n) is 11.8. The zero-order chi connectivity index (χ0) is 14.6. The predicted octanol–water partition coefficient (Wildman–Crippen LogP) is 3.18. The number of H-pyrrole nitrogens is 1. The van der Waals surface area contributed by atoms with Gasteiger partial charge in [-0.25, -0.2) is 0 Å². The van der Waals surface area contributed by atoms with Gasteiger partial charge in [0.2, 0.25) is 0 Å². The van der Waals surface area contributed by atoms with Gasteiger partial charge in [0.05, 0.1) is 23.5 Å².